The Morgan fingerprint density at radius 2 is 1.00 bits per heavy atom. The summed E-state index contributed by atoms with van der Waals surface area (Å²) in [6, 6.07) is 0. The number of carboxylic acid groups (broad SMARTS) is 1. The summed E-state index contributed by atoms with van der Waals surface area (Å²) in [4.78, 5) is 11.0. The Kier molecular flexibility index (Phi) is 11.8. The number of aliphatic hydroxyl groups is 3. The number of rotatable bonds is 17. The Labute approximate surface area is 232 Å². The van der Waals surface area contributed by atoms with Crippen molar-refractivity contribution in [3.05, 3.63) is 0 Å². The summed E-state index contributed by atoms with van der Waals surface area (Å²) in [5.74, 6) is -52.5. The average molecular weight is 707 g/mol. The summed E-state index contributed by atoms with van der Waals surface area (Å²) >= 11 is 3.39. The van der Waals surface area contributed by atoms with Crippen molar-refractivity contribution < 1.29 is 109 Å². The molecule has 0 radical (unpaired) electrons. The number of alkyl halides is 19. The van der Waals surface area contributed by atoms with Crippen LogP contribution in [0, 0.1) is 0 Å². The number of nitrogens with zero attached hydrogens (tertiary/aromatic N) is 1. The summed E-state index contributed by atoms with van der Waals surface area (Å²) in [5.41, 5.74) is -8.42. The van der Waals surface area contributed by atoms with E-state index in [4.69, 9.17) is 15.3 Å². The minimum Gasteiger partial charge on any atom is -0.477 e. The van der Waals surface area contributed by atoms with Crippen molar-refractivity contribution in [2.45, 2.75) is 65.3 Å². The predicted octanol–water partition coefficient (Wildman–Crippen LogP) is 4.54. The number of aliphatic hydroxyl groups excluding tert-OH is 3. The molecule has 0 aliphatic carbocycles. The third-order valence-corrected chi connectivity index (χ3v) is 6.22. The van der Waals surface area contributed by atoms with Crippen molar-refractivity contribution in [1.82, 2.24) is 0 Å². The van der Waals surface area contributed by atoms with E-state index >= 15 is 0 Å². The second kappa shape index (κ2) is 12.3. The van der Waals surface area contributed by atoms with Crippen molar-refractivity contribution in [1.29, 1.82) is 0 Å². The van der Waals surface area contributed by atoms with E-state index in [1.54, 1.807) is 0 Å². The number of carbonyl (C=O) groups is 1. The zero-order chi connectivity index (χ0) is 35.1. The topological polar surface area (TPSA) is 98.0 Å². The van der Waals surface area contributed by atoms with Crippen LogP contribution in [-0.4, -0.2) is 129 Å². The summed E-state index contributed by atoms with van der Waals surface area (Å²) < 4.78 is 244. The quantitative estimate of drug-likeness (QED) is 0.101. The highest BCUT2D eigenvalue weighted by Gasteiger charge is 2.97. The molecule has 2 atom stereocenters. The van der Waals surface area contributed by atoms with Gasteiger partial charge in [0.1, 0.15) is 25.7 Å². The van der Waals surface area contributed by atoms with Gasteiger partial charge in [0, 0.05) is 6.42 Å². The molecule has 2 unspecified atom stereocenters. The summed E-state index contributed by atoms with van der Waals surface area (Å²) in [6.45, 7) is -6.93. The summed E-state index contributed by atoms with van der Waals surface area (Å²) in [6.07, 6.45) is -14.7. The van der Waals surface area contributed by atoms with E-state index in [0.29, 0.717) is 0 Å². The molecule has 0 rings (SSSR count). The fourth-order valence-corrected chi connectivity index (χ4v) is 3.94. The molecular weight excluding hydrogens is 688 g/mol. The van der Waals surface area contributed by atoms with Crippen molar-refractivity contribution in [2.24, 2.45) is 0 Å². The molecule has 6 nitrogen and oxygen atoms in total. The van der Waals surface area contributed by atoms with Crippen LogP contribution in [0.2, 0.25) is 0 Å². The molecule has 43 heavy (non-hydrogen) atoms. The van der Waals surface area contributed by atoms with Gasteiger partial charge in [-0.15, -0.1) is 0 Å². The van der Waals surface area contributed by atoms with Gasteiger partial charge in [-0.25, -0.2) is 9.18 Å². The predicted molar refractivity (Wildman–Crippen MR) is 103 cm³/mol. The SMILES string of the molecule is O=C(O)C[N+](CCO)(CCO)CC(O)CC(F)(F)C(F)(F)C(F)(F)C(F)(F)C(F)(F)C(F)(F)C(F)(C(F)(F)F)C(F)(F)Cl. The van der Waals surface area contributed by atoms with Gasteiger partial charge in [-0.1, -0.05) is 0 Å². The van der Waals surface area contributed by atoms with E-state index < -0.39 is 115 Å². The van der Waals surface area contributed by atoms with Crippen LogP contribution < -0.4 is 0 Å². The third-order valence-electron chi connectivity index (χ3n) is 5.96. The maximum absolute atomic E-state index is 14.2. The molecule has 0 amide bonds. The maximum Gasteiger partial charge on any atom is 0.436 e. The van der Waals surface area contributed by atoms with E-state index in [-0.39, 0.29) is 0 Å². The Hall–Kier alpha value is -1.66. The van der Waals surface area contributed by atoms with Crippen LogP contribution in [0.3, 0.4) is 0 Å². The van der Waals surface area contributed by atoms with E-state index in [2.05, 4.69) is 11.6 Å². The van der Waals surface area contributed by atoms with Crippen LogP contribution in [0.4, 0.5) is 79.0 Å². The standard InChI is InChI=1S/C18H18ClF18NO5/c19-17(33,34)11(22,18(35,36)37)13(25,26)15(29,30)16(31,32)14(27,28)12(23,24)10(20,21)5-8(41)6-38(1-3-39,2-4-40)7-9(42)43/h8,39-41H,1-7H2/p+1. The van der Waals surface area contributed by atoms with Crippen LogP contribution in [0.1, 0.15) is 6.42 Å². The van der Waals surface area contributed by atoms with Crippen molar-refractivity contribution >= 4 is 17.6 Å². The lowest BCUT2D eigenvalue weighted by molar-refractivity contribution is -0.924. The zero-order valence-corrected chi connectivity index (χ0v) is 21.1. The summed E-state index contributed by atoms with van der Waals surface area (Å²) in [7, 11) is 0. The molecule has 0 saturated carbocycles. The fraction of sp³-hybridized carbons (Fsp3) is 0.944. The Morgan fingerprint density at radius 1 is 0.651 bits per heavy atom. The highest BCUT2D eigenvalue weighted by Crippen LogP contribution is 2.66. The number of hydrogen-bond acceptors (Lipinski definition) is 4. The molecule has 0 fully saturated rings. The number of halogens is 19. The van der Waals surface area contributed by atoms with Crippen molar-refractivity contribution in [3.8, 4) is 0 Å². The molecule has 0 bridgehead atoms. The Morgan fingerprint density at radius 3 is 1.30 bits per heavy atom. The van der Waals surface area contributed by atoms with Gasteiger partial charge >= 0.3 is 58.7 Å². The van der Waals surface area contributed by atoms with Gasteiger partial charge in [0.2, 0.25) is 0 Å². The largest absolute Gasteiger partial charge is 0.477 e. The number of quaternary nitrogens is 1. The van der Waals surface area contributed by atoms with Crippen molar-refractivity contribution in [3.63, 3.8) is 0 Å². The molecule has 0 saturated heterocycles. The first-order valence-electron chi connectivity index (χ1n) is 10.7. The molecule has 0 aliphatic rings. The smallest absolute Gasteiger partial charge is 0.436 e. The van der Waals surface area contributed by atoms with E-state index in [1.165, 1.54) is 0 Å². The van der Waals surface area contributed by atoms with Crippen LogP contribution in [0.15, 0.2) is 0 Å². The maximum atomic E-state index is 14.2. The minimum absolute atomic E-state index is 0.906. The second-order valence-corrected chi connectivity index (χ2v) is 9.53. The van der Waals surface area contributed by atoms with Crippen LogP contribution in [0.5, 0.6) is 0 Å². The monoisotopic (exact) mass is 706 g/mol. The van der Waals surface area contributed by atoms with Gasteiger partial charge in [-0.05, 0) is 11.6 Å². The Bertz CT molecular complexity index is 950. The van der Waals surface area contributed by atoms with E-state index in [9.17, 15) is 88.9 Å². The lowest BCUT2D eigenvalue weighted by Crippen LogP contribution is -2.77. The molecule has 0 aromatic rings. The second-order valence-electron chi connectivity index (χ2n) is 9.06. The molecule has 0 aromatic carbocycles. The average Bonchev–Trinajstić information content (AvgIpc) is 2.75. The minimum atomic E-state index is -9.01. The van der Waals surface area contributed by atoms with Crippen LogP contribution in [0.25, 0.3) is 0 Å². The first-order valence-corrected chi connectivity index (χ1v) is 11.1. The van der Waals surface area contributed by atoms with Gasteiger partial charge in [-0.3, -0.25) is 0 Å². The molecule has 0 spiro atoms. The lowest BCUT2D eigenvalue weighted by Gasteiger charge is -2.45. The molecule has 0 heterocycles. The van der Waals surface area contributed by atoms with Gasteiger partial charge in [0.25, 0.3) is 0 Å². The van der Waals surface area contributed by atoms with Gasteiger partial charge in [0.15, 0.2) is 6.54 Å². The van der Waals surface area contributed by atoms with Crippen molar-refractivity contribution in [2.75, 3.05) is 39.4 Å². The number of aliphatic carboxylic acids is 1. The normalized spacial score (nSPS) is 17.5. The van der Waals surface area contributed by atoms with Gasteiger partial charge < -0.3 is 24.9 Å². The van der Waals surface area contributed by atoms with E-state index in [1.807, 2.05) is 0 Å². The zero-order valence-electron chi connectivity index (χ0n) is 20.4. The molecule has 0 aliphatic heterocycles. The van der Waals surface area contributed by atoms with Crippen LogP contribution in [-0.2, 0) is 4.79 Å². The number of carboxylic acids is 1. The first-order chi connectivity index (χ1) is 18.6. The highest BCUT2D eigenvalue weighted by atomic mass is 35.5. The number of hydrogen-bond donors (Lipinski definition) is 4. The van der Waals surface area contributed by atoms with E-state index in [0.717, 1.165) is 0 Å². The first kappa shape index (κ1) is 41.3. The Balaban J connectivity index is 6.86. The highest BCUT2D eigenvalue weighted by molar-refractivity contribution is 6.22. The van der Waals surface area contributed by atoms with Gasteiger partial charge in [-0.2, -0.15) is 74.6 Å². The molecule has 0 aromatic heterocycles. The molecule has 4 N–H and O–H groups in total. The lowest BCUT2D eigenvalue weighted by atomic mass is 9.83. The molecule has 258 valence electrons. The third kappa shape index (κ3) is 6.81. The van der Waals surface area contributed by atoms with Gasteiger partial charge in [0.05, 0.1) is 13.2 Å². The molecule has 25 heteroatoms. The molecular formula is C18H19ClF18NO5+. The summed E-state index contributed by atoms with van der Waals surface area (Å²) in [5, 5.41) is 29.2. The fourth-order valence-electron chi connectivity index (χ4n) is 3.72. The van der Waals surface area contributed by atoms with Crippen LogP contribution >= 0.6 is 11.6 Å².